The first kappa shape index (κ1) is 31.5. The van der Waals surface area contributed by atoms with Gasteiger partial charge in [-0.1, -0.05) is 26.8 Å². The number of aryl methyl sites for hydroxylation is 1. The number of methoxy groups -OCH3 is 1. The van der Waals surface area contributed by atoms with Crippen LogP contribution in [0.1, 0.15) is 53.5 Å². The van der Waals surface area contributed by atoms with Crippen molar-refractivity contribution < 1.29 is 22.3 Å². The van der Waals surface area contributed by atoms with Gasteiger partial charge in [-0.2, -0.15) is 5.10 Å². The fourth-order valence-electron chi connectivity index (χ4n) is 4.95. The van der Waals surface area contributed by atoms with E-state index in [2.05, 4.69) is 26.1 Å². The third kappa shape index (κ3) is 6.79. The van der Waals surface area contributed by atoms with Crippen LogP contribution in [-0.2, 0) is 15.4 Å². The number of hydrogen-bond acceptors (Lipinski definition) is 8. The van der Waals surface area contributed by atoms with E-state index in [0.717, 1.165) is 45.7 Å². The van der Waals surface area contributed by atoms with Gasteiger partial charge in [-0.3, -0.25) is 14.5 Å². The molecule has 13 heteroatoms. The summed E-state index contributed by atoms with van der Waals surface area (Å²) in [5, 5.41) is 9.16. The number of amides is 1. The first-order chi connectivity index (χ1) is 21.1. The van der Waals surface area contributed by atoms with Gasteiger partial charge in [0.25, 0.3) is 5.91 Å². The first-order valence-corrected chi connectivity index (χ1v) is 16.0. The molecule has 1 aromatic heterocycles. The summed E-state index contributed by atoms with van der Waals surface area (Å²) in [7, 11) is -2.20. The molecule has 0 saturated heterocycles. The maximum absolute atomic E-state index is 13.6. The van der Waals surface area contributed by atoms with Crippen LogP contribution in [0.15, 0.2) is 67.0 Å². The van der Waals surface area contributed by atoms with Gasteiger partial charge in [0.2, 0.25) is 10.0 Å². The van der Waals surface area contributed by atoms with Gasteiger partial charge in [-0.15, -0.1) is 5.53 Å². The zero-order chi connectivity index (χ0) is 32.7. The lowest BCUT2D eigenvalue weighted by molar-refractivity contribution is 0.102. The van der Waals surface area contributed by atoms with Crippen LogP contribution in [0.2, 0.25) is 0 Å². The number of nitrogens with zero attached hydrogens (tertiary/aromatic N) is 3. The number of halogens is 1. The number of ether oxygens (including phenoxy) is 1. The van der Waals surface area contributed by atoms with Crippen LogP contribution in [0.3, 0.4) is 0 Å². The van der Waals surface area contributed by atoms with Crippen molar-refractivity contribution in [2.45, 2.75) is 40.0 Å². The van der Waals surface area contributed by atoms with Crippen LogP contribution < -0.4 is 30.7 Å². The summed E-state index contributed by atoms with van der Waals surface area (Å²) >= 11 is 0. The Bertz CT molecular complexity index is 1910. The lowest BCUT2D eigenvalue weighted by Crippen LogP contribution is -2.36. The number of nitrogens with one attached hydrogen (secondary N) is 4. The highest BCUT2D eigenvalue weighted by atomic mass is 32.2. The molecule has 1 amide bonds. The minimum atomic E-state index is -3.62. The minimum Gasteiger partial charge on any atom is -0.492 e. The largest absolute Gasteiger partial charge is 0.492 e. The van der Waals surface area contributed by atoms with Crippen molar-refractivity contribution in [2.75, 3.05) is 28.4 Å². The molecule has 11 nitrogen and oxygen atoms in total. The molecule has 4 N–H and O–H groups in total. The summed E-state index contributed by atoms with van der Waals surface area (Å²) < 4.78 is 47.4. The van der Waals surface area contributed by atoms with Gasteiger partial charge in [0.05, 0.1) is 53.7 Å². The lowest BCUT2D eigenvalue weighted by Gasteiger charge is -2.24. The molecule has 0 bridgehead atoms. The number of carbonyl (C=O) groups excluding carboxylic acids is 1. The zero-order valence-corrected chi connectivity index (χ0v) is 26.9. The minimum absolute atomic E-state index is 0.198. The maximum Gasteiger partial charge on any atom is 0.255 e. The van der Waals surface area contributed by atoms with Gasteiger partial charge in [0.1, 0.15) is 5.82 Å². The highest BCUT2D eigenvalue weighted by Gasteiger charge is 2.24. The van der Waals surface area contributed by atoms with Crippen LogP contribution in [0.25, 0.3) is 11.4 Å². The predicted octanol–water partition coefficient (Wildman–Crippen LogP) is 5.39. The zero-order valence-electron chi connectivity index (χ0n) is 26.1. The topological polar surface area (TPSA) is 130 Å². The molecule has 5 rings (SSSR count). The third-order valence-corrected chi connectivity index (χ3v) is 7.96. The van der Waals surface area contributed by atoms with Crippen molar-refractivity contribution in [3.8, 4) is 11.4 Å². The molecule has 0 aliphatic carbocycles. The molecule has 0 radical (unpaired) electrons. The smallest absolute Gasteiger partial charge is 0.255 e. The lowest BCUT2D eigenvalue weighted by atomic mass is 9.86. The third-order valence-electron chi connectivity index (χ3n) is 7.37. The van der Waals surface area contributed by atoms with Gasteiger partial charge in [0.15, 0.2) is 5.75 Å². The van der Waals surface area contributed by atoms with E-state index in [1.54, 1.807) is 52.3 Å². The van der Waals surface area contributed by atoms with Crippen LogP contribution >= 0.6 is 0 Å². The Hall–Kier alpha value is -4.88. The molecule has 45 heavy (non-hydrogen) atoms. The summed E-state index contributed by atoms with van der Waals surface area (Å²) in [6.07, 6.45) is 4.65. The van der Waals surface area contributed by atoms with E-state index >= 15 is 0 Å². The Morgan fingerprint density at radius 2 is 1.71 bits per heavy atom. The van der Waals surface area contributed by atoms with Crippen molar-refractivity contribution in [2.24, 2.45) is 0 Å². The molecule has 1 aliphatic heterocycles. The molecule has 0 atom stereocenters. The molecule has 2 heterocycles. The number of hydrazine groups is 2. The van der Waals surface area contributed by atoms with E-state index in [-0.39, 0.29) is 22.7 Å². The molecular formula is C32H36FN7O4S. The number of aromatic nitrogens is 2. The van der Waals surface area contributed by atoms with E-state index in [1.807, 2.05) is 46.9 Å². The molecule has 4 aromatic rings. The molecule has 0 spiro atoms. The Morgan fingerprint density at radius 1 is 1.02 bits per heavy atom. The number of anilines is 3. The summed E-state index contributed by atoms with van der Waals surface area (Å²) in [6, 6.07) is 14.9. The van der Waals surface area contributed by atoms with Gasteiger partial charge in [0, 0.05) is 17.3 Å². The van der Waals surface area contributed by atoms with Gasteiger partial charge in [-0.25, -0.2) is 17.5 Å². The molecule has 0 saturated carbocycles. The molecule has 1 aliphatic rings. The highest BCUT2D eigenvalue weighted by molar-refractivity contribution is 7.92. The van der Waals surface area contributed by atoms with E-state index in [0.29, 0.717) is 11.3 Å². The highest BCUT2D eigenvalue weighted by Crippen LogP contribution is 2.39. The Kier molecular flexibility index (Phi) is 8.34. The van der Waals surface area contributed by atoms with Crippen molar-refractivity contribution >= 4 is 38.7 Å². The quantitative estimate of drug-likeness (QED) is 0.203. The van der Waals surface area contributed by atoms with Crippen LogP contribution in [0.4, 0.5) is 21.5 Å². The average molecular weight is 634 g/mol. The van der Waals surface area contributed by atoms with Gasteiger partial charge >= 0.3 is 0 Å². The Labute approximate surface area is 262 Å². The number of rotatable bonds is 8. The standard InChI is InChI=1S/C32H36FN7O4S/c1-19-8-9-21(31(41)35-26-15-22(32(3,4)5)16-27(30(26)44-6)37-45(7,42)43)14-29(19)39-18-28(36-38-39)25-17-34-40(20(25)2)24-12-10-23(33)11-13-24/h8-18,36-38H,1-7H3,(H,35,41). The fourth-order valence-corrected chi connectivity index (χ4v) is 5.50. The van der Waals surface area contributed by atoms with E-state index in [1.165, 1.54) is 19.2 Å². The van der Waals surface area contributed by atoms with E-state index < -0.39 is 15.9 Å². The average Bonchev–Trinajstić information content (AvgIpc) is 3.59. The maximum atomic E-state index is 13.6. The summed E-state index contributed by atoms with van der Waals surface area (Å²) in [6.45, 7) is 9.83. The molecule has 236 valence electrons. The first-order valence-electron chi connectivity index (χ1n) is 14.1. The van der Waals surface area contributed by atoms with E-state index in [9.17, 15) is 17.6 Å². The number of benzene rings is 3. The van der Waals surface area contributed by atoms with Crippen LogP contribution in [0.5, 0.6) is 5.75 Å². The molecule has 3 aromatic carbocycles. The van der Waals surface area contributed by atoms with Gasteiger partial charge in [-0.05, 0) is 78.9 Å². The molecule has 0 unspecified atom stereocenters. The second-order valence-electron chi connectivity index (χ2n) is 11.9. The van der Waals surface area contributed by atoms with Crippen molar-refractivity contribution in [3.63, 3.8) is 0 Å². The SMILES string of the molecule is COc1c(NC(=O)c2ccc(C)c(N3C=C(c4cnn(-c5ccc(F)cc5)c4C)NN3)c2)cc(C(C)(C)C)cc1NS(C)(=O)=O. The number of sulfonamides is 1. The monoisotopic (exact) mass is 633 g/mol. The van der Waals surface area contributed by atoms with Crippen molar-refractivity contribution in [1.82, 2.24) is 20.7 Å². The second kappa shape index (κ2) is 11.9. The summed E-state index contributed by atoms with van der Waals surface area (Å²) in [5.41, 5.74) is 12.5. The van der Waals surface area contributed by atoms with Crippen LogP contribution in [-0.4, -0.2) is 37.5 Å². The normalized spacial score (nSPS) is 13.3. The van der Waals surface area contributed by atoms with Crippen LogP contribution in [0, 0.1) is 19.7 Å². The second-order valence-corrected chi connectivity index (χ2v) is 13.6. The predicted molar refractivity (Wildman–Crippen MR) is 174 cm³/mol. The molecular weight excluding hydrogens is 597 g/mol. The summed E-state index contributed by atoms with van der Waals surface area (Å²) in [4.78, 5) is 13.6. The fraction of sp³-hybridized carbons (Fsp3) is 0.250. The molecule has 0 fully saturated rings. The summed E-state index contributed by atoms with van der Waals surface area (Å²) in [5.74, 6) is -0.524. The Balaban J connectivity index is 1.43. The number of carbonyl (C=O) groups is 1. The van der Waals surface area contributed by atoms with Crippen molar-refractivity contribution in [1.29, 1.82) is 0 Å². The number of hydrogen-bond donors (Lipinski definition) is 4. The Morgan fingerprint density at radius 3 is 2.36 bits per heavy atom. The van der Waals surface area contributed by atoms with Crippen molar-refractivity contribution in [3.05, 3.63) is 101 Å². The van der Waals surface area contributed by atoms with Gasteiger partial charge < -0.3 is 15.5 Å². The van der Waals surface area contributed by atoms with E-state index in [4.69, 9.17) is 4.74 Å².